The van der Waals surface area contributed by atoms with Gasteiger partial charge in [-0.25, -0.2) is 9.38 Å². The number of guanidine groups is 1. The van der Waals surface area contributed by atoms with Crippen molar-refractivity contribution in [3.8, 4) is 5.75 Å². The molecule has 4 N–H and O–H groups in total. The van der Waals surface area contributed by atoms with Gasteiger partial charge in [0.15, 0.2) is 17.5 Å². The number of halogens is 2. The lowest BCUT2D eigenvalue weighted by Crippen LogP contribution is -2.32. The van der Waals surface area contributed by atoms with Crippen molar-refractivity contribution in [1.29, 1.82) is 0 Å². The molecule has 0 saturated carbocycles. The number of ether oxygens (including phenoxy) is 1. The molecular formula is C13H21FIN3O2. The molecule has 0 bridgehead atoms. The molecule has 0 atom stereocenters. The van der Waals surface area contributed by atoms with Crippen LogP contribution in [0.3, 0.4) is 0 Å². The first-order valence-electron chi connectivity index (χ1n) is 6.22. The Labute approximate surface area is 135 Å². The van der Waals surface area contributed by atoms with Gasteiger partial charge in [0.05, 0.1) is 6.54 Å². The van der Waals surface area contributed by atoms with Crippen molar-refractivity contribution >= 4 is 29.9 Å². The van der Waals surface area contributed by atoms with E-state index in [1.807, 2.05) is 6.92 Å². The molecular weight excluding hydrogens is 376 g/mol. The van der Waals surface area contributed by atoms with Crippen LogP contribution >= 0.6 is 24.0 Å². The number of phenols is 1. The van der Waals surface area contributed by atoms with Gasteiger partial charge in [-0.15, -0.1) is 24.0 Å². The zero-order valence-electron chi connectivity index (χ0n) is 11.4. The van der Waals surface area contributed by atoms with Gasteiger partial charge in [-0.3, -0.25) is 0 Å². The van der Waals surface area contributed by atoms with Gasteiger partial charge in [0, 0.05) is 19.8 Å². The molecule has 20 heavy (non-hydrogen) atoms. The molecule has 1 aromatic rings. The predicted octanol–water partition coefficient (Wildman–Crippen LogP) is 1.98. The minimum Gasteiger partial charge on any atom is -0.505 e. The van der Waals surface area contributed by atoms with Gasteiger partial charge in [0.25, 0.3) is 0 Å². The normalized spacial score (nSPS) is 11.0. The molecule has 0 radical (unpaired) electrons. The summed E-state index contributed by atoms with van der Waals surface area (Å²) in [5.74, 6) is -0.712. The fraction of sp³-hybridized carbons (Fsp3) is 0.462. The minimum atomic E-state index is -0.657. The molecule has 0 saturated heterocycles. The van der Waals surface area contributed by atoms with Crippen LogP contribution in [0, 0.1) is 5.82 Å². The Balaban J connectivity index is 0.00000361. The molecule has 0 unspecified atom stereocenters. The summed E-state index contributed by atoms with van der Waals surface area (Å²) in [6, 6.07) is 4.14. The molecule has 0 amide bonds. The first kappa shape index (κ1) is 18.9. The summed E-state index contributed by atoms with van der Waals surface area (Å²) in [6.07, 6.45) is 0.845. The summed E-state index contributed by atoms with van der Waals surface area (Å²) in [7, 11) is 0. The van der Waals surface area contributed by atoms with Crippen LogP contribution < -0.4 is 11.1 Å². The first-order chi connectivity index (χ1) is 9.13. The molecule has 0 heterocycles. The Morgan fingerprint density at radius 3 is 2.90 bits per heavy atom. The number of rotatable bonds is 7. The lowest BCUT2D eigenvalue weighted by atomic mass is 10.2. The molecule has 5 nitrogen and oxygen atoms in total. The monoisotopic (exact) mass is 397 g/mol. The van der Waals surface area contributed by atoms with Gasteiger partial charge in [-0.2, -0.15) is 0 Å². The standard InChI is InChI=1S/C13H20FN3O2.HI/c1-2-19-7-3-6-16-13(15)17-9-10-4-5-12(18)11(14)8-10;/h4-5,8,18H,2-3,6-7,9H2,1H3,(H3,15,16,17);1H. The van der Waals surface area contributed by atoms with E-state index in [-0.39, 0.29) is 36.3 Å². The van der Waals surface area contributed by atoms with Crippen LogP contribution in [-0.4, -0.2) is 30.8 Å². The highest BCUT2D eigenvalue weighted by molar-refractivity contribution is 14.0. The highest BCUT2D eigenvalue weighted by Gasteiger charge is 2.01. The largest absolute Gasteiger partial charge is 0.505 e. The highest BCUT2D eigenvalue weighted by atomic mass is 127. The second-order valence-corrected chi connectivity index (χ2v) is 3.96. The van der Waals surface area contributed by atoms with Crippen LogP contribution in [0.15, 0.2) is 23.2 Å². The second-order valence-electron chi connectivity index (χ2n) is 3.96. The molecule has 0 aliphatic rings. The Morgan fingerprint density at radius 1 is 1.50 bits per heavy atom. The van der Waals surface area contributed by atoms with Crippen molar-refractivity contribution in [2.24, 2.45) is 10.7 Å². The topological polar surface area (TPSA) is 79.9 Å². The van der Waals surface area contributed by atoms with E-state index in [9.17, 15) is 4.39 Å². The summed E-state index contributed by atoms with van der Waals surface area (Å²) in [5, 5.41) is 12.0. The summed E-state index contributed by atoms with van der Waals surface area (Å²) in [4.78, 5) is 4.08. The van der Waals surface area contributed by atoms with Crippen molar-refractivity contribution in [3.63, 3.8) is 0 Å². The first-order valence-corrected chi connectivity index (χ1v) is 6.22. The minimum absolute atomic E-state index is 0. The van der Waals surface area contributed by atoms with Crippen molar-refractivity contribution < 1.29 is 14.2 Å². The maximum absolute atomic E-state index is 13.1. The lowest BCUT2D eigenvalue weighted by Gasteiger charge is -2.06. The Bertz CT molecular complexity index is 430. The lowest BCUT2D eigenvalue weighted by molar-refractivity contribution is 0.145. The maximum Gasteiger partial charge on any atom is 0.188 e. The SMILES string of the molecule is CCOCCCNC(N)=NCc1ccc(O)c(F)c1.I. The van der Waals surface area contributed by atoms with E-state index in [0.29, 0.717) is 31.3 Å². The van der Waals surface area contributed by atoms with Crippen molar-refractivity contribution in [1.82, 2.24) is 5.32 Å². The van der Waals surface area contributed by atoms with Crippen molar-refractivity contribution in [3.05, 3.63) is 29.6 Å². The highest BCUT2D eigenvalue weighted by Crippen LogP contribution is 2.16. The number of phenolic OH excluding ortho intramolecular Hbond substituents is 1. The Hall–Kier alpha value is -1.09. The number of hydrogen-bond donors (Lipinski definition) is 3. The van der Waals surface area contributed by atoms with Crippen LogP contribution in [0.4, 0.5) is 4.39 Å². The van der Waals surface area contributed by atoms with Gasteiger partial charge in [-0.1, -0.05) is 6.07 Å². The van der Waals surface area contributed by atoms with Gasteiger partial charge in [0.1, 0.15) is 0 Å². The summed E-state index contributed by atoms with van der Waals surface area (Å²) < 4.78 is 18.2. The van der Waals surface area contributed by atoms with Crippen molar-refractivity contribution in [2.45, 2.75) is 19.9 Å². The third-order valence-electron chi connectivity index (χ3n) is 2.42. The molecule has 0 aromatic heterocycles. The Morgan fingerprint density at radius 2 is 2.25 bits per heavy atom. The van der Waals surface area contributed by atoms with E-state index in [2.05, 4.69) is 10.3 Å². The summed E-state index contributed by atoms with van der Waals surface area (Å²) >= 11 is 0. The zero-order chi connectivity index (χ0) is 14.1. The molecule has 0 aliphatic carbocycles. The molecule has 7 heteroatoms. The number of hydrogen-bond acceptors (Lipinski definition) is 3. The molecule has 114 valence electrons. The van der Waals surface area contributed by atoms with E-state index in [1.165, 1.54) is 12.1 Å². The third kappa shape index (κ3) is 7.49. The number of nitrogens with two attached hydrogens (primary N) is 1. The third-order valence-corrected chi connectivity index (χ3v) is 2.42. The average molecular weight is 397 g/mol. The second kappa shape index (κ2) is 10.7. The molecule has 0 fully saturated rings. The predicted molar refractivity (Wildman–Crippen MR) is 87.9 cm³/mol. The van der Waals surface area contributed by atoms with E-state index >= 15 is 0 Å². The smallest absolute Gasteiger partial charge is 0.188 e. The maximum atomic E-state index is 13.1. The van der Waals surface area contributed by atoms with E-state index in [4.69, 9.17) is 15.6 Å². The number of aromatic hydroxyl groups is 1. The molecule has 1 aromatic carbocycles. The van der Waals surface area contributed by atoms with Crippen LogP contribution in [0.1, 0.15) is 18.9 Å². The van der Waals surface area contributed by atoms with Crippen LogP contribution in [0.2, 0.25) is 0 Å². The number of nitrogens with one attached hydrogen (secondary N) is 1. The summed E-state index contributed by atoms with van der Waals surface area (Å²) in [5.41, 5.74) is 6.31. The van der Waals surface area contributed by atoms with Crippen LogP contribution in [-0.2, 0) is 11.3 Å². The van der Waals surface area contributed by atoms with Crippen LogP contribution in [0.5, 0.6) is 5.75 Å². The molecule has 0 aliphatic heterocycles. The zero-order valence-corrected chi connectivity index (χ0v) is 13.8. The molecule has 1 rings (SSSR count). The number of benzene rings is 1. The van der Waals surface area contributed by atoms with E-state index < -0.39 is 5.82 Å². The fourth-order valence-corrected chi connectivity index (χ4v) is 1.42. The van der Waals surface area contributed by atoms with Crippen molar-refractivity contribution in [2.75, 3.05) is 19.8 Å². The average Bonchev–Trinajstić information content (AvgIpc) is 2.40. The summed E-state index contributed by atoms with van der Waals surface area (Å²) in [6.45, 7) is 4.27. The van der Waals surface area contributed by atoms with E-state index in [0.717, 1.165) is 6.42 Å². The van der Waals surface area contributed by atoms with Gasteiger partial charge in [-0.05, 0) is 31.0 Å². The Kier molecular flexibility index (Phi) is 10.1. The van der Waals surface area contributed by atoms with Gasteiger partial charge < -0.3 is 20.9 Å². The number of aliphatic imine (C=N–C) groups is 1. The van der Waals surface area contributed by atoms with Gasteiger partial charge >= 0.3 is 0 Å². The number of nitrogens with zero attached hydrogens (tertiary/aromatic N) is 1. The molecule has 0 spiro atoms. The quantitative estimate of drug-likeness (QED) is 0.285. The van der Waals surface area contributed by atoms with Gasteiger partial charge in [0.2, 0.25) is 0 Å². The van der Waals surface area contributed by atoms with E-state index in [1.54, 1.807) is 6.07 Å². The van der Waals surface area contributed by atoms with Crippen LogP contribution in [0.25, 0.3) is 0 Å². The fourth-order valence-electron chi connectivity index (χ4n) is 1.42.